The molecule has 1 saturated heterocycles. The predicted octanol–water partition coefficient (Wildman–Crippen LogP) is 1.28. The van der Waals surface area contributed by atoms with Gasteiger partial charge >= 0.3 is 0 Å². The van der Waals surface area contributed by atoms with Crippen LogP contribution in [0.4, 0.5) is 0 Å². The molecule has 4 N–H and O–H groups in total. The predicted molar refractivity (Wildman–Crippen MR) is 113 cm³/mol. The number of aromatic nitrogens is 2. The van der Waals surface area contributed by atoms with Gasteiger partial charge in [0.2, 0.25) is 0 Å². The fraction of sp³-hybridized carbons (Fsp3) is 0.381. The van der Waals surface area contributed by atoms with Crippen molar-refractivity contribution >= 4 is 23.1 Å². The number of rotatable bonds is 4. The first-order valence-corrected chi connectivity index (χ1v) is 10.1. The lowest BCUT2D eigenvalue weighted by molar-refractivity contribution is 0.0688. The summed E-state index contributed by atoms with van der Waals surface area (Å²) >= 11 is 6.18. The van der Waals surface area contributed by atoms with Crippen LogP contribution in [0.5, 0.6) is 5.75 Å². The Morgan fingerprint density at radius 2 is 1.93 bits per heavy atom. The lowest BCUT2D eigenvalue weighted by Crippen LogP contribution is -2.33. The summed E-state index contributed by atoms with van der Waals surface area (Å²) in [6.45, 7) is 5.20. The number of carbonyl (C=O) groups is 1. The highest BCUT2D eigenvalue weighted by atomic mass is 35.5. The highest BCUT2D eigenvalue weighted by Crippen LogP contribution is 2.28. The van der Waals surface area contributed by atoms with E-state index in [1.165, 1.54) is 0 Å². The number of para-hydroxylation sites is 1. The quantitative estimate of drug-likeness (QED) is 0.670. The molecule has 158 valence electrons. The summed E-state index contributed by atoms with van der Waals surface area (Å²) in [7, 11) is 0. The zero-order valence-electron chi connectivity index (χ0n) is 16.9. The Balaban J connectivity index is 1.55. The largest absolute Gasteiger partial charge is 0.486 e. The molecule has 3 heterocycles. The second-order valence-electron chi connectivity index (χ2n) is 7.58. The first kappa shape index (κ1) is 20.6. The van der Waals surface area contributed by atoms with Crippen LogP contribution in [0, 0.1) is 13.8 Å². The standard InChI is InChI=1S/C21H24ClN5O3/c1-11-19(22)12(2)26-20(25-11)14-9-27(10-15(14)23)21(29)13-5-3-4-6-17(13)30-18-8-24-7-16(18)28/h3-6,16,18,24,28H,7-10,23H2,1-2H3/t16-,18-/m0/s1. The summed E-state index contributed by atoms with van der Waals surface area (Å²) < 4.78 is 5.94. The molecule has 2 aliphatic heterocycles. The lowest BCUT2D eigenvalue weighted by atomic mass is 10.1. The number of aryl methyl sites for hydroxylation is 2. The molecule has 1 amide bonds. The van der Waals surface area contributed by atoms with Crippen LogP contribution >= 0.6 is 11.6 Å². The molecule has 0 spiro atoms. The Hall–Kier alpha value is -2.68. The number of carbonyl (C=O) groups excluding carboxylic acids is 1. The number of halogens is 1. The van der Waals surface area contributed by atoms with Crippen LogP contribution in [-0.2, 0) is 0 Å². The third-order valence-electron chi connectivity index (χ3n) is 5.36. The van der Waals surface area contributed by atoms with Crippen LogP contribution < -0.4 is 15.8 Å². The molecule has 0 bridgehead atoms. The molecule has 9 heteroatoms. The van der Waals surface area contributed by atoms with E-state index in [1.807, 2.05) is 13.8 Å². The van der Waals surface area contributed by atoms with Gasteiger partial charge < -0.3 is 25.8 Å². The Kier molecular flexibility index (Phi) is 5.64. The molecule has 8 nitrogen and oxygen atoms in total. The fourth-order valence-corrected chi connectivity index (χ4v) is 3.77. The zero-order chi connectivity index (χ0) is 21.4. The van der Waals surface area contributed by atoms with Crippen LogP contribution in [-0.4, -0.2) is 64.3 Å². The number of ether oxygens (including phenoxy) is 1. The summed E-state index contributed by atoms with van der Waals surface area (Å²) in [6.07, 6.45) is -1.01. The van der Waals surface area contributed by atoms with Crippen molar-refractivity contribution in [2.45, 2.75) is 26.1 Å². The minimum absolute atomic E-state index is 0.202. The average molecular weight is 430 g/mol. The zero-order valence-corrected chi connectivity index (χ0v) is 17.6. The first-order chi connectivity index (χ1) is 14.3. The van der Waals surface area contributed by atoms with Gasteiger partial charge in [0.25, 0.3) is 5.91 Å². The van der Waals surface area contributed by atoms with Crippen molar-refractivity contribution in [2.75, 3.05) is 26.2 Å². The van der Waals surface area contributed by atoms with Gasteiger partial charge in [-0.15, -0.1) is 0 Å². The van der Waals surface area contributed by atoms with E-state index in [2.05, 4.69) is 15.3 Å². The number of nitrogens with two attached hydrogens (primary N) is 1. The maximum atomic E-state index is 13.3. The van der Waals surface area contributed by atoms with Gasteiger partial charge in [-0.3, -0.25) is 4.79 Å². The van der Waals surface area contributed by atoms with Gasteiger partial charge in [-0.05, 0) is 26.0 Å². The number of hydrogen-bond acceptors (Lipinski definition) is 7. The molecule has 2 aliphatic rings. The van der Waals surface area contributed by atoms with Crippen molar-refractivity contribution in [3.63, 3.8) is 0 Å². The minimum atomic E-state index is -0.614. The highest BCUT2D eigenvalue weighted by Gasteiger charge is 2.31. The molecule has 0 saturated carbocycles. The van der Waals surface area contributed by atoms with E-state index >= 15 is 0 Å². The topological polar surface area (TPSA) is 114 Å². The Bertz CT molecular complexity index is 1000. The van der Waals surface area contributed by atoms with Crippen molar-refractivity contribution in [1.82, 2.24) is 20.2 Å². The summed E-state index contributed by atoms with van der Waals surface area (Å²) in [5.74, 6) is 0.731. The smallest absolute Gasteiger partial charge is 0.258 e. The van der Waals surface area contributed by atoms with Gasteiger partial charge in [-0.1, -0.05) is 23.7 Å². The molecule has 30 heavy (non-hydrogen) atoms. The Labute approximate surface area is 179 Å². The molecule has 1 aromatic carbocycles. The van der Waals surface area contributed by atoms with Crippen LogP contribution in [0.15, 0.2) is 30.0 Å². The van der Waals surface area contributed by atoms with Gasteiger partial charge in [0.15, 0.2) is 5.82 Å². The number of benzene rings is 1. The fourth-order valence-electron chi connectivity index (χ4n) is 3.69. The van der Waals surface area contributed by atoms with E-state index in [0.717, 1.165) is 5.57 Å². The maximum Gasteiger partial charge on any atom is 0.258 e. The van der Waals surface area contributed by atoms with Crippen LogP contribution in [0.1, 0.15) is 27.6 Å². The van der Waals surface area contributed by atoms with Crippen molar-refractivity contribution in [1.29, 1.82) is 0 Å². The van der Waals surface area contributed by atoms with E-state index in [4.69, 9.17) is 22.1 Å². The molecule has 1 fully saturated rings. The minimum Gasteiger partial charge on any atom is -0.486 e. The first-order valence-electron chi connectivity index (χ1n) is 9.77. The highest BCUT2D eigenvalue weighted by molar-refractivity contribution is 6.31. The lowest BCUT2D eigenvalue weighted by Gasteiger charge is -2.21. The third-order valence-corrected chi connectivity index (χ3v) is 5.91. The van der Waals surface area contributed by atoms with Crippen molar-refractivity contribution in [2.24, 2.45) is 5.73 Å². The van der Waals surface area contributed by atoms with E-state index in [0.29, 0.717) is 58.9 Å². The molecule has 1 aromatic heterocycles. The number of β-amino-alcohol motifs (C(OH)–C–C–N with tert-alkyl or cyclic N) is 1. The summed E-state index contributed by atoms with van der Waals surface area (Å²) in [4.78, 5) is 23.8. The van der Waals surface area contributed by atoms with Crippen molar-refractivity contribution in [3.8, 4) is 5.75 Å². The SMILES string of the molecule is Cc1nc(C2=C(N)CN(C(=O)c3ccccc3O[C@H]3CNC[C@@H]3O)C2)nc(C)c1Cl. The summed E-state index contributed by atoms with van der Waals surface area (Å²) in [5, 5.41) is 13.6. The maximum absolute atomic E-state index is 13.3. The third kappa shape index (κ3) is 3.86. The molecule has 0 aliphatic carbocycles. The van der Waals surface area contributed by atoms with Gasteiger partial charge in [0.1, 0.15) is 18.0 Å². The van der Waals surface area contributed by atoms with Crippen molar-refractivity contribution < 1.29 is 14.6 Å². The van der Waals surface area contributed by atoms with Crippen LogP contribution in [0.25, 0.3) is 5.57 Å². The Morgan fingerprint density at radius 1 is 1.23 bits per heavy atom. The molecular weight excluding hydrogens is 406 g/mol. The molecule has 2 atom stereocenters. The molecule has 0 unspecified atom stereocenters. The molecule has 0 radical (unpaired) electrons. The van der Waals surface area contributed by atoms with Crippen molar-refractivity contribution in [3.05, 3.63) is 57.8 Å². The Morgan fingerprint density at radius 3 is 2.60 bits per heavy atom. The van der Waals surface area contributed by atoms with Gasteiger partial charge in [-0.2, -0.15) is 0 Å². The van der Waals surface area contributed by atoms with Crippen LogP contribution in [0.3, 0.4) is 0 Å². The molecule has 2 aromatic rings. The van der Waals surface area contributed by atoms with E-state index < -0.39 is 12.2 Å². The number of nitrogens with one attached hydrogen (secondary N) is 1. The number of hydrogen-bond donors (Lipinski definition) is 3. The second kappa shape index (κ2) is 8.22. The average Bonchev–Trinajstić information content (AvgIpc) is 3.31. The second-order valence-corrected chi connectivity index (χ2v) is 7.95. The van der Waals surface area contributed by atoms with Crippen LogP contribution in [0.2, 0.25) is 5.02 Å². The van der Waals surface area contributed by atoms with E-state index in [1.54, 1.807) is 29.2 Å². The number of aliphatic hydroxyl groups is 1. The number of nitrogens with zero attached hydrogens (tertiary/aromatic N) is 3. The molecule has 4 rings (SSSR count). The number of aliphatic hydroxyl groups excluding tert-OH is 1. The van der Waals surface area contributed by atoms with E-state index in [-0.39, 0.29) is 12.5 Å². The molecular formula is C21H24ClN5O3. The van der Waals surface area contributed by atoms with E-state index in [9.17, 15) is 9.90 Å². The number of amides is 1. The summed E-state index contributed by atoms with van der Waals surface area (Å²) in [6, 6.07) is 7.04. The van der Waals surface area contributed by atoms with Gasteiger partial charge in [0, 0.05) is 24.4 Å². The normalized spacial score (nSPS) is 21.4. The summed E-state index contributed by atoms with van der Waals surface area (Å²) in [5.41, 5.74) is 9.29. The van der Waals surface area contributed by atoms with Gasteiger partial charge in [0.05, 0.1) is 35.1 Å². The monoisotopic (exact) mass is 429 g/mol. The van der Waals surface area contributed by atoms with Gasteiger partial charge in [-0.25, -0.2) is 9.97 Å².